The van der Waals surface area contributed by atoms with Gasteiger partial charge < -0.3 is 4.74 Å². The Kier molecular flexibility index (Phi) is 3.99. The molecule has 2 heterocycles. The largest absolute Gasteiger partial charge is 0.464 e. The van der Waals surface area contributed by atoms with E-state index in [1.54, 1.807) is 16.7 Å². The van der Waals surface area contributed by atoms with Crippen molar-refractivity contribution in [1.29, 1.82) is 0 Å². The number of rotatable bonds is 3. The summed E-state index contributed by atoms with van der Waals surface area (Å²) in [7, 11) is 0.670. The summed E-state index contributed by atoms with van der Waals surface area (Å²) >= 11 is 1.70. The van der Waals surface area contributed by atoms with Gasteiger partial charge in [0.15, 0.2) is 6.04 Å². The van der Waals surface area contributed by atoms with Crippen LogP contribution in [0.4, 0.5) is 0 Å². The number of carbonyl (C=O) groups is 2. The molecule has 7 heteroatoms. The molecule has 18 heavy (non-hydrogen) atoms. The maximum Gasteiger partial charge on any atom is 0.354 e. The van der Waals surface area contributed by atoms with Crippen LogP contribution in [0, 0.1) is 0 Å². The van der Waals surface area contributed by atoms with Gasteiger partial charge in [0.25, 0.3) is 5.91 Å². The second-order valence-electron chi connectivity index (χ2n) is 4.65. The van der Waals surface area contributed by atoms with Crippen molar-refractivity contribution < 1.29 is 14.3 Å². The smallest absolute Gasteiger partial charge is 0.354 e. The average Bonchev–Trinajstić information content (AvgIpc) is 2.34. The van der Waals surface area contributed by atoms with Crippen molar-refractivity contribution in [2.24, 2.45) is 0 Å². The lowest BCUT2D eigenvalue weighted by molar-refractivity contribution is -0.149. The molecule has 2 rings (SSSR count). The highest BCUT2D eigenvalue weighted by atomic mass is 32.2. The topological polar surface area (TPSA) is 58.6 Å². The molecule has 2 aliphatic rings. The molecule has 1 amide bonds. The molecule has 0 aromatic carbocycles. The summed E-state index contributed by atoms with van der Waals surface area (Å²) in [4.78, 5) is 25.5. The van der Waals surface area contributed by atoms with Gasteiger partial charge in [0.05, 0.1) is 28.5 Å². The van der Waals surface area contributed by atoms with Gasteiger partial charge in [-0.15, -0.1) is 11.8 Å². The van der Waals surface area contributed by atoms with Crippen molar-refractivity contribution in [2.75, 3.05) is 26.2 Å². The molecule has 0 aromatic heterocycles. The molecule has 100 valence electrons. The fourth-order valence-corrected chi connectivity index (χ4v) is 4.49. The van der Waals surface area contributed by atoms with E-state index in [4.69, 9.17) is 4.74 Å². The number of ether oxygens (including phenoxy) is 1. The number of fused-ring (bicyclic) bond motifs is 1. The second-order valence-corrected chi connectivity index (χ2v) is 8.05. The van der Waals surface area contributed by atoms with Crippen LogP contribution in [0.5, 0.6) is 0 Å². The van der Waals surface area contributed by atoms with Gasteiger partial charge in [-0.05, 0) is 12.5 Å². The van der Waals surface area contributed by atoms with Gasteiger partial charge in [0.2, 0.25) is 0 Å². The zero-order valence-electron chi connectivity index (χ0n) is 10.9. The number of thioether (sulfide) groups is 1. The molecular weight excluding hydrogens is 271 g/mol. The third-order valence-corrected chi connectivity index (χ3v) is 5.29. The summed E-state index contributed by atoms with van der Waals surface area (Å²) < 4.78 is 4.76. The van der Waals surface area contributed by atoms with E-state index in [0.717, 1.165) is 11.3 Å². The molecule has 0 radical (unpaired) electrons. The van der Waals surface area contributed by atoms with Crippen LogP contribution in [0.1, 0.15) is 6.92 Å². The van der Waals surface area contributed by atoms with Crippen LogP contribution < -0.4 is 5.09 Å². The Morgan fingerprint density at radius 3 is 2.78 bits per heavy atom. The highest BCUT2D eigenvalue weighted by Crippen LogP contribution is 2.42. The summed E-state index contributed by atoms with van der Waals surface area (Å²) in [5, 5.41) is 3.37. The molecule has 0 spiro atoms. The molecule has 0 saturated carbocycles. The lowest BCUT2D eigenvalue weighted by Crippen LogP contribution is -2.68. The van der Waals surface area contributed by atoms with E-state index in [0.29, 0.717) is 5.70 Å². The highest BCUT2D eigenvalue weighted by Gasteiger charge is 2.54. The second kappa shape index (κ2) is 5.19. The number of nitrogens with zero attached hydrogens (tertiary/aromatic N) is 1. The number of methoxy groups -OCH3 is 1. The fourth-order valence-electron chi connectivity index (χ4n) is 2.17. The number of esters is 1. The maximum atomic E-state index is 12.1. The van der Waals surface area contributed by atoms with E-state index >= 15 is 0 Å². The molecule has 1 N–H and O–H groups in total. The van der Waals surface area contributed by atoms with Crippen LogP contribution in [0.3, 0.4) is 0 Å². The minimum absolute atomic E-state index is 0.0156. The molecule has 0 aliphatic carbocycles. The molecule has 1 fully saturated rings. The Morgan fingerprint density at radius 2 is 2.22 bits per heavy atom. The van der Waals surface area contributed by atoms with Gasteiger partial charge in [-0.3, -0.25) is 9.69 Å². The molecule has 5 nitrogen and oxygen atoms in total. The third kappa shape index (κ3) is 2.17. The number of amides is 1. The number of carbonyl (C=O) groups excluding carboxylic acids is 2. The van der Waals surface area contributed by atoms with Crippen LogP contribution in [-0.4, -0.2) is 54.4 Å². The normalized spacial score (nSPS) is 27.2. The van der Waals surface area contributed by atoms with Gasteiger partial charge in [-0.1, -0.05) is 0 Å². The number of hydrogen-bond donors (Lipinski definition) is 1. The fraction of sp³-hybridized carbons (Fsp3) is 0.636. The first kappa shape index (κ1) is 13.8. The summed E-state index contributed by atoms with van der Waals surface area (Å²) in [5.74, 6) is 0.341. The average molecular weight is 289 g/mol. The lowest BCUT2D eigenvalue weighted by Gasteiger charge is -2.48. The van der Waals surface area contributed by atoms with Crippen molar-refractivity contribution in [1.82, 2.24) is 9.99 Å². The number of hydrogen-bond acceptors (Lipinski definition) is 5. The highest BCUT2D eigenvalue weighted by molar-refractivity contribution is 8.00. The molecule has 0 bridgehead atoms. The minimum Gasteiger partial charge on any atom is -0.464 e. The van der Waals surface area contributed by atoms with Crippen LogP contribution in [0.25, 0.3) is 0 Å². The van der Waals surface area contributed by atoms with Crippen LogP contribution in [0.2, 0.25) is 0 Å². The summed E-state index contributed by atoms with van der Waals surface area (Å²) in [6.45, 7) is 6.09. The lowest BCUT2D eigenvalue weighted by atomic mass is 10.0. The quantitative estimate of drug-likeness (QED) is 0.471. The minimum atomic E-state index is -0.676. The predicted octanol–water partition coefficient (Wildman–Crippen LogP) is 0.695. The van der Waals surface area contributed by atoms with Gasteiger partial charge >= 0.3 is 5.97 Å². The molecule has 2 atom stereocenters. The number of nitrogens with one attached hydrogen (secondary N) is 1. The van der Waals surface area contributed by atoms with Crippen molar-refractivity contribution in [2.45, 2.75) is 18.3 Å². The van der Waals surface area contributed by atoms with E-state index in [2.05, 4.69) is 18.4 Å². The van der Waals surface area contributed by atoms with E-state index in [9.17, 15) is 9.59 Å². The van der Waals surface area contributed by atoms with Gasteiger partial charge in [0.1, 0.15) is 11.1 Å². The Morgan fingerprint density at radius 1 is 1.56 bits per heavy atom. The SMILES string of the molecule is COC(=O)C1=C(C)CS[C@H]2[C@H](N[PH+](C)C)C(=O)N12. The molecule has 1 saturated heterocycles. The van der Waals surface area contributed by atoms with E-state index in [-0.39, 0.29) is 17.3 Å². The molecule has 2 aliphatic heterocycles. The van der Waals surface area contributed by atoms with E-state index < -0.39 is 14.0 Å². The maximum absolute atomic E-state index is 12.1. The third-order valence-electron chi connectivity index (χ3n) is 2.98. The van der Waals surface area contributed by atoms with Crippen molar-refractivity contribution in [3.63, 3.8) is 0 Å². The zero-order chi connectivity index (χ0) is 13.4. The molecule has 0 unspecified atom stereocenters. The Bertz CT molecular complexity index is 425. The van der Waals surface area contributed by atoms with Crippen LogP contribution >= 0.6 is 19.8 Å². The van der Waals surface area contributed by atoms with E-state index in [1.165, 1.54) is 7.11 Å². The summed E-state index contributed by atoms with van der Waals surface area (Å²) in [6, 6.07) is -0.147. The standard InChI is InChI=1S/C11H17N2O3PS/c1-6-5-18-10-7(12-17(3)4)9(14)13(10)8(6)11(15)16-2/h7,10,12H,5H2,1-4H3/p+1/t7-,10+/m1/s1. The first-order valence-electron chi connectivity index (χ1n) is 5.76. The Labute approximate surface area is 112 Å². The van der Waals surface area contributed by atoms with Crippen molar-refractivity contribution >= 4 is 31.7 Å². The van der Waals surface area contributed by atoms with Gasteiger partial charge in [-0.25, -0.2) is 4.79 Å². The van der Waals surface area contributed by atoms with Crippen LogP contribution in [0.15, 0.2) is 11.3 Å². The summed E-state index contributed by atoms with van der Waals surface area (Å²) in [5.41, 5.74) is 1.35. The monoisotopic (exact) mass is 289 g/mol. The van der Waals surface area contributed by atoms with Crippen molar-refractivity contribution in [3.05, 3.63) is 11.3 Å². The van der Waals surface area contributed by atoms with Gasteiger partial charge in [-0.2, -0.15) is 5.09 Å². The molecule has 0 aromatic rings. The molecular formula is C11H18N2O3PS+. The van der Waals surface area contributed by atoms with Gasteiger partial charge in [0, 0.05) is 5.75 Å². The Hall–Kier alpha value is -0.580. The van der Waals surface area contributed by atoms with Crippen LogP contribution in [-0.2, 0) is 14.3 Å². The Balaban J connectivity index is 2.21. The first-order valence-corrected chi connectivity index (χ1v) is 9.31. The first-order chi connectivity index (χ1) is 8.47. The number of β-lactam (4-membered cyclic amide) rings is 1. The van der Waals surface area contributed by atoms with E-state index in [1.807, 2.05) is 6.92 Å². The van der Waals surface area contributed by atoms with Crippen molar-refractivity contribution in [3.8, 4) is 0 Å². The zero-order valence-corrected chi connectivity index (χ0v) is 12.8. The summed E-state index contributed by atoms with van der Waals surface area (Å²) in [6.07, 6.45) is 0. The predicted molar refractivity (Wildman–Crippen MR) is 74.9 cm³/mol.